The van der Waals surface area contributed by atoms with Gasteiger partial charge in [-0.15, -0.1) is 0 Å². The molecule has 2 aliphatic carbocycles. The topological polar surface area (TPSA) is 125 Å². The van der Waals surface area contributed by atoms with Crippen molar-refractivity contribution in [1.29, 1.82) is 5.26 Å². The van der Waals surface area contributed by atoms with E-state index in [9.17, 15) is 23.3 Å². The molecule has 2 amide bonds. The number of nitrogens with zero attached hydrogens (tertiary/aromatic N) is 4. The monoisotopic (exact) mass is 719 g/mol. The summed E-state index contributed by atoms with van der Waals surface area (Å²) >= 11 is 0. The van der Waals surface area contributed by atoms with Gasteiger partial charge in [0.05, 0.1) is 29.9 Å². The van der Waals surface area contributed by atoms with Gasteiger partial charge >= 0.3 is 10.2 Å². The van der Waals surface area contributed by atoms with Crippen molar-refractivity contribution in [2.75, 3.05) is 34.3 Å². The molecule has 0 bridgehead atoms. The number of nitriles is 1. The number of nitrogens with one attached hydrogen (secondary N) is 1. The van der Waals surface area contributed by atoms with E-state index < -0.39 is 21.5 Å². The third kappa shape index (κ3) is 5.77. The molecule has 1 aromatic heterocycles. The Morgan fingerprint density at radius 2 is 1.67 bits per heavy atom. The van der Waals surface area contributed by atoms with Gasteiger partial charge in [-0.1, -0.05) is 37.5 Å². The van der Waals surface area contributed by atoms with Gasteiger partial charge in [-0.25, -0.2) is 4.72 Å². The number of piperidine rings is 1. The molecule has 1 N–H and O–H groups in total. The highest BCUT2D eigenvalue weighted by molar-refractivity contribution is 7.87. The summed E-state index contributed by atoms with van der Waals surface area (Å²) in [6, 6.07) is 21.8. The smallest absolute Gasteiger partial charge is 0.303 e. The molecule has 1 saturated heterocycles. The van der Waals surface area contributed by atoms with Crippen LogP contribution in [-0.4, -0.2) is 68.3 Å². The first-order valence-corrected chi connectivity index (χ1v) is 19.9. The first-order valence-electron chi connectivity index (χ1n) is 18.4. The number of aromatic nitrogens is 1. The molecular formula is C41H45N5O5S. The second-order valence-corrected chi connectivity index (χ2v) is 17.2. The van der Waals surface area contributed by atoms with Crippen LogP contribution in [0, 0.1) is 16.7 Å². The van der Waals surface area contributed by atoms with E-state index in [4.69, 9.17) is 4.74 Å². The molecule has 2 saturated carbocycles. The number of fused-ring (bicyclic) bond motifs is 7. The number of carbonyl (C=O) groups excluding carboxylic acids is 2. The lowest BCUT2D eigenvalue weighted by Gasteiger charge is -2.35. The van der Waals surface area contributed by atoms with E-state index in [1.54, 1.807) is 13.2 Å². The molecule has 0 spiro atoms. The van der Waals surface area contributed by atoms with Crippen LogP contribution in [0.4, 0.5) is 0 Å². The predicted molar refractivity (Wildman–Crippen MR) is 199 cm³/mol. The number of hydrogen-bond donors (Lipinski definition) is 1. The van der Waals surface area contributed by atoms with Crippen LogP contribution in [0.25, 0.3) is 22.2 Å². The predicted octanol–water partition coefficient (Wildman–Crippen LogP) is 6.67. The summed E-state index contributed by atoms with van der Waals surface area (Å²) in [6.07, 6.45) is 8.11. The Morgan fingerprint density at radius 3 is 2.35 bits per heavy atom. The van der Waals surface area contributed by atoms with Gasteiger partial charge in [-0.3, -0.25) is 9.59 Å². The maximum atomic E-state index is 14.9. The quantitative estimate of drug-likeness (QED) is 0.228. The molecule has 8 rings (SSSR count). The van der Waals surface area contributed by atoms with Gasteiger partial charge in [0.15, 0.2) is 0 Å². The zero-order valence-electron chi connectivity index (χ0n) is 30.0. The largest absolute Gasteiger partial charge is 0.497 e. The van der Waals surface area contributed by atoms with Crippen LogP contribution in [0.1, 0.15) is 102 Å². The second-order valence-electron chi connectivity index (χ2n) is 15.3. The molecule has 270 valence electrons. The lowest BCUT2D eigenvalue weighted by molar-refractivity contribution is -0.138. The van der Waals surface area contributed by atoms with E-state index in [2.05, 4.69) is 32.4 Å². The van der Waals surface area contributed by atoms with Gasteiger partial charge in [0.2, 0.25) is 5.91 Å². The third-order valence-electron chi connectivity index (χ3n) is 12.2. The number of hydrogen-bond acceptors (Lipinski definition) is 6. The van der Waals surface area contributed by atoms with Crippen LogP contribution < -0.4 is 9.46 Å². The fourth-order valence-electron chi connectivity index (χ4n) is 9.25. The molecule has 4 aromatic rings. The Balaban J connectivity index is 1.22. The van der Waals surface area contributed by atoms with Crippen LogP contribution in [0.5, 0.6) is 5.75 Å². The molecular weight excluding hydrogens is 675 g/mol. The van der Waals surface area contributed by atoms with Gasteiger partial charge in [0, 0.05) is 61.7 Å². The summed E-state index contributed by atoms with van der Waals surface area (Å²) in [6.45, 7) is 1.81. The van der Waals surface area contributed by atoms with Crippen molar-refractivity contribution in [3.63, 3.8) is 0 Å². The highest BCUT2D eigenvalue weighted by Crippen LogP contribution is 2.66. The number of methoxy groups -OCH3 is 1. The van der Waals surface area contributed by atoms with Crippen molar-refractivity contribution >= 4 is 32.9 Å². The van der Waals surface area contributed by atoms with E-state index in [-0.39, 0.29) is 17.4 Å². The summed E-state index contributed by atoms with van der Waals surface area (Å²) in [7, 11) is 0.450. The fraction of sp³-hybridized carbons (Fsp3) is 0.439. The summed E-state index contributed by atoms with van der Waals surface area (Å²) in [4.78, 5) is 30.4. The first-order chi connectivity index (χ1) is 25.0. The normalized spacial score (nSPS) is 21.8. The van der Waals surface area contributed by atoms with E-state index in [1.807, 2.05) is 42.5 Å². The van der Waals surface area contributed by atoms with Crippen LogP contribution in [0.15, 0.2) is 60.7 Å². The molecule has 3 aromatic carbocycles. The lowest BCUT2D eigenvalue weighted by atomic mass is 9.81. The molecule has 2 atom stereocenters. The number of likely N-dealkylation sites (tertiary alicyclic amines) is 1. The van der Waals surface area contributed by atoms with Crippen LogP contribution in [0.3, 0.4) is 0 Å². The van der Waals surface area contributed by atoms with Gasteiger partial charge in [-0.05, 0) is 103 Å². The maximum absolute atomic E-state index is 14.9. The van der Waals surface area contributed by atoms with Crippen LogP contribution >= 0.6 is 0 Å². The van der Waals surface area contributed by atoms with E-state index in [0.29, 0.717) is 37.0 Å². The van der Waals surface area contributed by atoms with Gasteiger partial charge in [-0.2, -0.15) is 18.0 Å². The molecule has 3 heterocycles. The molecule has 11 heteroatoms. The molecule has 10 nitrogen and oxygen atoms in total. The fourth-order valence-corrected chi connectivity index (χ4v) is 9.78. The summed E-state index contributed by atoms with van der Waals surface area (Å²) in [5, 5.41) is 10.3. The highest BCUT2D eigenvalue weighted by atomic mass is 32.2. The molecule has 0 radical (unpaired) electrons. The molecule has 4 aliphatic rings. The summed E-state index contributed by atoms with van der Waals surface area (Å²) in [5.41, 5.74) is 6.92. The number of amides is 2. The minimum absolute atomic E-state index is 0.0206. The van der Waals surface area contributed by atoms with Crippen molar-refractivity contribution in [1.82, 2.24) is 18.5 Å². The molecule has 52 heavy (non-hydrogen) atoms. The van der Waals surface area contributed by atoms with Gasteiger partial charge < -0.3 is 14.2 Å². The second kappa shape index (κ2) is 13.1. The minimum atomic E-state index is -3.99. The van der Waals surface area contributed by atoms with E-state index >= 15 is 0 Å². The average molecular weight is 720 g/mol. The number of carbonyl (C=O) groups is 2. The Bertz CT molecular complexity index is 2220. The summed E-state index contributed by atoms with van der Waals surface area (Å²) < 4.78 is 36.5. The van der Waals surface area contributed by atoms with Crippen LogP contribution in [-0.2, 0) is 21.5 Å². The Hall–Kier alpha value is -4.66. The van der Waals surface area contributed by atoms with Crippen LogP contribution in [0.2, 0.25) is 0 Å². The van der Waals surface area contributed by atoms with E-state index in [1.165, 1.54) is 31.6 Å². The molecule has 3 fully saturated rings. The van der Waals surface area contributed by atoms with Crippen molar-refractivity contribution in [2.45, 2.75) is 75.7 Å². The van der Waals surface area contributed by atoms with Gasteiger partial charge in [0.25, 0.3) is 5.91 Å². The average Bonchev–Trinajstić information content (AvgIpc) is 3.84. The number of benzene rings is 3. The number of rotatable bonds is 7. The Morgan fingerprint density at radius 1 is 0.942 bits per heavy atom. The van der Waals surface area contributed by atoms with Crippen molar-refractivity contribution < 1.29 is 22.7 Å². The standard InChI is InChI=1S/C41H45N5O5S/c1-44(2)52(49,50)43-39(47)30-13-15-33-36(21-30)46-25-41(40(48)45-19-17-28(18-20-45)27-11-9-26(24-42)10-12-27)23-35(41)34-22-31(51-3)14-16-32(34)38(46)37(33)29-7-5-4-6-8-29/h9-16,21-22,28-29,35H,4-8,17-20,23,25H2,1-3H3,(H,43,47). The SMILES string of the molecule is COc1ccc2c(c1)C1CC1(C(=O)N1CCC(c3ccc(C#N)cc3)CC1)Cn1c-2c(C2CCCCC2)c2ccc(C(=O)NS(=O)(=O)N(C)C)cc21. The first kappa shape index (κ1) is 34.4. The lowest BCUT2D eigenvalue weighted by Crippen LogP contribution is -2.44. The number of ether oxygens (including phenoxy) is 1. The minimum Gasteiger partial charge on any atom is -0.497 e. The maximum Gasteiger partial charge on any atom is 0.303 e. The molecule has 2 unspecified atom stereocenters. The van der Waals surface area contributed by atoms with E-state index in [0.717, 1.165) is 82.7 Å². The van der Waals surface area contributed by atoms with Crippen molar-refractivity contribution in [3.8, 4) is 23.1 Å². The zero-order chi connectivity index (χ0) is 36.4. The zero-order valence-corrected chi connectivity index (χ0v) is 30.8. The van der Waals surface area contributed by atoms with Crippen molar-refractivity contribution in [2.24, 2.45) is 5.41 Å². The molecule has 2 aliphatic heterocycles. The van der Waals surface area contributed by atoms with Crippen molar-refractivity contribution in [3.05, 3.63) is 88.5 Å². The third-order valence-corrected chi connectivity index (χ3v) is 13.6. The highest BCUT2D eigenvalue weighted by Gasteiger charge is 2.64. The summed E-state index contributed by atoms with van der Waals surface area (Å²) in [5.74, 6) is 0.932. The Kier molecular flexibility index (Phi) is 8.66. The van der Waals surface area contributed by atoms with Gasteiger partial charge in [0.1, 0.15) is 5.75 Å². The Labute approximate surface area is 305 Å².